The molecule has 0 bridgehead atoms. The average molecular weight is 549 g/mol. The number of aliphatic carboxylic acids is 1. The van der Waals surface area contributed by atoms with Crippen LogP contribution in [0, 0.1) is 0 Å². The molecule has 1 aromatic rings. The van der Waals surface area contributed by atoms with Crippen molar-refractivity contribution in [3.63, 3.8) is 0 Å². The van der Waals surface area contributed by atoms with E-state index in [1.54, 1.807) is 13.8 Å². The number of amides is 1. The second kappa shape index (κ2) is 16.9. The molecule has 0 spiro atoms. The standard InChI is InChI=1S/C20H28N2O5.HI.2Na/c1-3-27-20(26)16(12-11-15-8-5-4-6-9-15)21-14(2)18(23)22-13-7-10-17(22)19(24)25;;;/h4-6,8-9,14,16-17,21H,3,7,10-13H2,1-2H3,(H,24,25);1H;;/q;;;+1/p-1/t14-,16-,17-;;;/m0.../s1. The van der Waals surface area contributed by atoms with Crippen molar-refractivity contribution < 1.29 is 77.8 Å². The van der Waals surface area contributed by atoms with Crippen LogP contribution in [0.15, 0.2) is 30.3 Å². The first-order valence-corrected chi connectivity index (χ1v) is 9.44. The molecule has 30 heavy (non-hydrogen) atoms. The van der Waals surface area contributed by atoms with Crippen LogP contribution in [-0.2, 0) is 25.5 Å². The van der Waals surface area contributed by atoms with Gasteiger partial charge < -0.3 is 38.7 Å². The Morgan fingerprint density at radius 2 is 1.90 bits per heavy atom. The van der Waals surface area contributed by atoms with Crippen molar-refractivity contribution in [3.8, 4) is 0 Å². The first-order chi connectivity index (χ1) is 12.9. The predicted molar refractivity (Wildman–Crippen MR) is 106 cm³/mol. The fraction of sp³-hybridized carbons (Fsp3) is 0.550. The summed E-state index contributed by atoms with van der Waals surface area (Å²) in [5.41, 5.74) is 1.10. The molecule has 0 saturated carbocycles. The number of hydrogen-bond acceptors (Lipinski definition) is 5. The van der Waals surface area contributed by atoms with E-state index in [2.05, 4.69) is 5.32 Å². The van der Waals surface area contributed by atoms with Crippen LogP contribution in [0.5, 0.6) is 0 Å². The Kier molecular flexibility index (Phi) is 18.3. The van der Waals surface area contributed by atoms with Crippen LogP contribution >= 0.6 is 0 Å². The van der Waals surface area contributed by atoms with Gasteiger partial charge in [0, 0.05) is 36.1 Å². The molecular formula is C20H28IN2Na2O5. The number of halogens is 1. The van der Waals surface area contributed by atoms with Crippen molar-refractivity contribution in [1.82, 2.24) is 10.2 Å². The zero-order valence-electron chi connectivity index (χ0n) is 18.3. The minimum absolute atomic E-state index is 0. The van der Waals surface area contributed by atoms with E-state index in [1.807, 2.05) is 30.3 Å². The van der Waals surface area contributed by atoms with Gasteiger partial charge in [-0.2, -0.15) is 0 Å². The van der Waals surface area contributed by atoms with Crippen molar-refractivity contribution >= 4 is 47.4 Å². The Hall–Kier alpha value is 0.320. The number of esters is 1. The number of hydrogen-bond donors (Lipinski definition) is 2. The topological polar surface area (TPSA) is 95.9 Å². The summed E-state index contributed by atoms with van der Waals surface area (Å²) < 4.78 is 5.14. The van der Waals surface area contributed by atoms with E-state index in [-0.39, 0.29) is 95.6 Å². The van der Waals surface area contributed by atoms with Crippen molar-refractivity contribution in [2.24, 2.45) is 0 Å². The number of carbonyl (C=O) groups is 3. The van der Waals surface area contributed by atoms with Gasteiger partial charge in [-0.1, -0.05) is 30.3 Å². The third-order valence-corrected chi connectivity index (χ3v) is 4.78. The van der Waals surface area contributed by atoms with Crippen LogP contribution in [0.1, 0.15) is 38.7 Å². The van der Waals surface area contributed by atoms with Gasteiger partial charge >= 0.3 is 41.5 Å². The molecule has 0 aromatic heterocycles. The molecule has 2 rings (SSSR count). The van der Waals surface area contributed by atoms with Gasteiger partial charge in [0.25, 0.3) is 0 Å². The second-order valence-electron chi connectivity index (χ2n) is 6.75. The molecule has 0 aliphatic carbocycles. The monoisotopic (exact) mass is 549 g/mol. The molecule has 2 N–H and O–H groups in total. The van der Waals surface area contributed by atoms with Gasteiger partial charge in [0.2, 0.25) is 5.91 Å². The van der Waals surface area contributed by atoms with E-state index >= 15 is 0 Å². The van der Waals surface area contributed by atoms with Crippen LogP contribution < -0.4 is 58.9 Å². The van der Waals surface area contributed by atoms with E-state index in [1.165, 1.54) is 4.90 Å². The summed E-state index contributed by atoms with van der Waals surface area (Å²) in [5, 5.41) is 12.3. The predicted octanol–water partition coefficient (Wildman–Crippen LogP) is -4.77. The molecular weight excluding hydrogens is 521 g/mol. The summed E-state index contributed by atoms with van der Waals surface area (Å²) in [7, 11) is 0. The molecule has 1 fully saturated rings. The number of benzene rings is 1. The van der Waals surface area contributed by atoms with Crippen molar-refractivity contribution in [3.05, 3.63) is 35.9 Å². The number of ether oxygens (including phenoxy) is 1. The Balaban J connectivity index is 0. The van der Waals surface area contributed by atoms with Crippen molar-refractivity contribution in [1.29, 1.82) is 0 Å². The van der Waals surface area contributed by atoms with Gasteiger partial charge in [-0.15, -0.1) is 0 Å². The molecule has 1 radical (unpaired) electrons. The number of carbonyl (C=O) groups excluding carboxylic acids is 2. The SMILES string of the molecule is CCOC(=O)[C@H](CCc1ccccc1)N[C@@H](C)C(=O)N1CCC[C@H]1C(=O)O.[I-].[Na+].[Na]. The Labute approximate surface area is 239 Å². The number of likely N-dealkylation sites (tertiary alicyclic amines) is 1. The second-order valence-corrected chi connectivity index (χ2v) is 6.75. The maximum Gasteiger partial charge on any atom is 1.00 e. The number of nitrogens with one attached hydrogen (secondary N) is 1. The van der Waals surface area contributed by atoms with E-state index in [0.29, 0.717) is 32.2 Å². The van der Waals surface area contributed by atoms with Crippen LogP contribution in [0.2, 0.25) is 0 Å². The Bertz CT molecular complexity index is 666. The molecule has 1 aliphatic rings. The summed E-state index contributed by atoms with van der Waals surface area (Å²) >= 11 is 0. The molecule has 1 saturated heterocycles. The zero-order valence-corrected chi connectivity index (χ0v) is 24.4. The first-order valence-electron chi connectivity index (χ1n) is 9.44. The minimum atomic E-state index is -0.987. The molecule has 1 aliphatic heterocycles. The number of carboxylic acid groups (broad SMARTS) is 1. The summed E-state index contributed by atoms with van der Waals surface area (Å²) in [4.78, 5) is 37.7. The van der Waals surface area contributed by atoms with E-state index in [4.69, 9.17) is 4.74 Å². The number of carboxylic acids is 1. The molecule has 0 unspecified atom stereocenters. The minimum Gasteiger partial charge on any atom is -1.00 e. The zero-order chi connectivity index (χ0) is 19.8. The number of rotatable bonds is 9. The molecule has 10 heteroatoms. The van der Waals surface area contributed by atoms with Crippen LogP contribution in [0.3, 0.4) is 0 Å². The van der Waals surface area contributed by atoms with Crippen LogP contribution in [0.4, 0.5) is 0 Å². The van der Waals surface area contributed by atoms with Crippen LogP contribution in [-0.4, -0.2) is 88.7 Å². The third-order valence-electron chi connectivity index (χ3n) is 4.78. The molecule has 1 amide bonds. The summed E-state index contributed by atoms with van der Waals surface area (Å²) in [6, 6.07) is 7.69. The first kappa shape index (κ1) is 32.5. The molecule has 157 valence electrons. The van der Waals surface area contributed by atoms with E-state index in [9.17, 15) is 19.5 Å². The quantitative estimate of drug-likeness (QED) is 0.183. The number of aryl methyl sites for hydroxylation is 1. The summed E-state index contributed by atoms with van der Waals surface area (Å²) in [6.07, 6.45) is 2.29. The average Bonchev–Trinajstić information content (AvgIpc) is 3.15. The smallest absolute Gasteiger partial charge is 1.00 e. The maximum atomic E-state index is 12.7. The molecule has 1 aromatic carbocycles. The number of nitrogens with zero attached hydrogens (tertiary/aromatic N) is 1. The van der Waals surface area contributed by atoms with Gasteiger partial charge in [-0.05, 0) is 45.1 Å². The van der Waals surface area contributed by atoms with E-state index in [0.717, 1.165) is 5.56 Å². The molecule has 3 atom stereocenters. The normalized spacial score (nSPS) is 16.9. The van der Waals surface area contributed by atoms with Gasteiger partial charge in [0.1, 0.15) is 12.1 Å². The Morgan fingerprint density at radius 3 is 2.47 bits per heavy atom. The van der Waals surface area contributed by atoms with Gasteiger partial charge in [0.05, 0.1) is 12.6 Å². The van der Waals surface area contributed by atoms with Gasteiger partial charge in [-0.25, -0.2) is 4.79 Å². The fourth-order valence-corrected chi connectivity index (χ4v) is 3.38. The van der Waals surface area contributed by atoms with Gasteiger partial charge in [0.15, 0.2) is 0 Å². The summed E-state index contributed by atoms with van der Waals surface area (Å²) in [5.74, 6) is -1.68. The van der Waals surface area contributed by atoms with Crippen molar-refractivity contribution in [2.75, 3.05) is 13.2 Å². The third kappa shape index (κ3) is 9.85. The largest absolute Gasteiger partial charge is 1.00 e. The fourth-order valence-electron chi connectivity index (χ4n) is 3.38. The molecule has 7 nitrogen and oxygen atoms in total. The van der Waals surface area contributed by atoms with E-state index < -0.39 is 30.1 Å². The summed E-state index contributed by atoms with van der Waals surface area (Å²) in [6.45, 7) is 4.09. The van der Waals surface area contributed by atoms with Crippen molar-refractivity contribution in [2.45, 2.75) is 57.7 Å². The molecule has 1 heterocycles. The van der Waals surface area contributed by atoms with Crippen LogP contribution in [0.25, 0.3) is 0 Å². The maximum absolute atomic E-state index is 12.7. The van der Waals surface area contributed by atoms with Gasteiger partial charge in [-0.3, -0.25) is 14.9 Å². The Morgan fingerprint density at radius 1 is 1.27 bits per heavy atom.